The lowest BCUT2D eigenvalue weighted by atomic mass is 10.0. The second kappa shape index (κ2) is 10.3. The van der Waals surface area contributed by atoms with Crippen LogP contribution in [0.25, 0.3) is 22.0 Å². The van der Waals surface area contributed by atoms with Gasteiger partial charge in [0.1, 0.15) is 24.1 Å². The summed E-state index contributed by atoms with van der Waals surface area (Å²) < 4.78 is 1.53. The number of nitriles is 1. The number of ketones is 1. The summed E-state index contributed by atoms with van der Waals surface area (Å²) >= 11 is 0. The molecular weight excluding hydrogens is 480 g/mol. The topological polar surface area (TPSA) is 121 Å². The van der Waals surface area contributed by atoms with E-state index in [1.807, 2.05) is 49.4 Å². The Kier molecular flexibility index (Phi) is 6.71. The number of carbonyl (C=O) groups is 3. The van der Waals surface area contributed by atoms with Crippen LogP contribution in [0.4, 0.5) is 5.82 Å². The maximum Gasteiger partial charge on any atom is 0.248 e. The van der Waals surface area contributed by atoms with Crippen LogP contribution in [0.2, 0.25) is 0 Å². The van der Waals surface area contributed by atoms with Gasteiger partial charge < -0.3 is 10.2 Å². The van der Waals surface area contributed by atoms with Crippen LogP contribution in [0, 0.1) is 18.3 Å². The third kappa shape index (κ3) is 4.89. The van der Waals surface area contributed by atoms with Gasteiger partial charge in [0.05, 0.1) is 17.1 Å². The van der Waals surface area contributed by atoms with Crippen LogP contribution in [0.15, 0.2) is 60.7 Å². The molecule has 1 aliphatic heterocycles. The van der Waals surface area contributed by atoms with Crippen molar-refractivity contribution >= 4 is 34.3 Å². The van der Waals surface area contributed by atoms with Crippen LogP contribution in [0.1, 0.15) is 41.5 Å². The van der Waals surface area contributed by atoms with Crippen molar-refractivity contribution in [3.8, 4) is 17.2 Å². The minimum absolute atomic E-state index is 0.0977. The number of rotatable bonds is 6. The Labute approximate surface area is 219 Å². The number of hydrogen-bond donors (Lipinski definition) is 1. The number of anilines is 1. The number of aryl methyl sites for hydroxylation is 1. The highest BCUT2D eigenvalue weighted by Crippen LogP contribution is 2.28. The lowest BCUT2D eigenvalue weighted by Crippen LogP contribution is -2.44. The first-order chi connectivity index (χ1) is 18.3. The van der Waals surface area contributed by atoms with Crippen molar-refractivity contribution in [2.24, 2.45) is 0 Å². The molecule has 0 saturated carbocycles. The van der Waals surface area contributed by atoms with Gasteiger partial charge in [0.15, 0.2) is 5.78 Å². The van der Waals surface area contributed by atoms with Gasteiger partial charge in [0.25, 0.3) is 0 Å². The zero-order chi connectivity index (χ0) is 26.8. The van der Waals surface area contributed by atoms with Crippen LogP contribution in [0.3, 0.4) is 0 Å². The molecule has 2 aromatic heterocycles. The van der Waals surface area contributed by atoms with Crippen LogP contribution < -0.4 is 5.32 Å². The summed E-state index contributed by atoms with van der Waals surface area (Å²) in [6.45, 7) is 3.66. The minimum atomic E-state index is -0.599. The first-order valence-corrected chi connectivity index (χ1v) is 12.4. The molecule has 0 radical (unpaired) electrons. The fraction of sp³-hybridized carbons (Fsp3) is 0.241. The largest absolute Gasteiger partial charge is 0.329 e. The number of benzene rings is 2. The summed E-state index contributed by atoms with van der Waals surface area (Å²) in [6.07, 6.45) is 1.28. The number of nitrogens with zero attached hydrogens (tertiary/aromatic N) is 5. The Morgan fingerprint density at radius 2 is 1.87 bits per heavy atom. The molecule has 38 heavy (non-hydrogen) atoms. The molecule has 1 saturated heterocycles. The van der Waals surface area contributed by atoms with Crippen LogP contribution >= 0.6 is 0 Å². The molecule has 1 N–H and O–H groups in total. The molecule has 2 amide bonds. The molecule has 1 fully saturated rings. The third-order valence-electron chi connectivity index (χ3n) is 6.71. The minimum Gasteiger partial charge on any atom is -0.329 e. The predicted octanol–water partition coefficient (Wildman–Crippen LogP) is 4.11. The molecule has 190 valence electrons. The molecule has 0 spiro atoms. The molecule has 2 aromatic carbocycles. The molecule has 1 aliphatic rings. The van der Waals surface area contributed by atoms with Crippen LogP contribution in [0.5, 0.6) is 0 Å². The van der Waals surface area contributed by atoms with Gasteiger partial charge in [-0.2, -0.15) is 10.4 Å². The maximum absolute atomic E-state index is 13.4. The molecule has 5 rings (SSSR count). The van der Waals surface area contributed by atoms with Crippen LogP contribution in [-0.4, -0.2) is 49.8 Å². The summed E-state index contributed by atoms with van der Waals surface area (Å²) in [5, 5.41) is 17.2. The van der Waals surface area contributed by atoms with E-state index >= 15 is 0 Å². The number of hydrogen-bond acceptors (Lipinski definition) is 6. The number of pyridine rings is 1. The predicted molar refractivity (Wildman–Crippen MR) is 142 cm³/mol. The van der Waals surface area contributed by atoms with E-state index < -0.39 is 6.04 Å². The molecule has 1 atom stereocenters. The highest BCUT2D eigenvalue weighted by molar-refractivity contribution is 6.06. The van der Waals surface area contributed by atoms with Gasteiger partial charge in [-0.15, -0.1) is 0 Å². The Bertz CT molecular complexity index is 1620. The summed E-state index contributed by atoms with van der Waals surface area (Å²) in [5.41, 5.74) is 3.93. The number of likely N-dealkylation sites (tertiary alicyclic amines) is 1. The highest BCUT2D eigenvalue weighted by atomic mass is 16.2. The van der Waals surface area contributed by atoms with Gasteiger partial charge in [-0.25, -0.2) is 4.98 Å². The summed E-state index contributed by atoms with van der Waals surface area (Å²) in [5.74, 6) is -0.277. The van der Waals surface area contributed by atoms with E-state index in [2.05, 4.69) is 21.5 Å². The number of fused-ring (bicyclic) bond motifs is 1. The third-order valence-corrected chi connectivity index (χ3v) is 6.71. The molecule has 9 heteroatoms. The quantitative estimate of drug-likeness (QED) is 0.393. The standard InChI is InChI=1S/C29H26N6O3/c1-18-6-3-10-26(31-18)32-29(38)25-9-5-13-34(25)27(37)17-35-24-12-11-22(15-23(24)28(33-35)19(2)36)21-8-4-7-20(14-21)16-30/h3-4,6-8,10-12,14-15,25H,5,9,13,17H2,1-2H3,(H,31,32,38). The van der Waals surface area contributed by atoms with Gasteiger partial charge in [-0.1, -0.05) is 24.3 Å². The maximum atomic E-state index is 13.4. The second-order valence-corrected chi connectivity index (χ2v) is 9.39. The van der Waals surface area contributed by atoms with Gasteiger partial charge in [0, 0.05) is 24.5 Å². The van der Waals surface area contributed by atoms with Crippen molar-refractivity contribution < 1.29 is 14.4 Å². The average Bonchev–Trinajstić information content (AvgIpc) is 3.54. The second-order valence-electron chi connectivity index (χ2n) is 9.39. The van der Waals surface area contributed by atoms with E-state index in [-0.39, 0.29) is 29.8 Å². The Hall–Kier alpha value is -4.84. The van der Waals surface area contributed by atoms with E-state index in [9.17, 15) is 19.6 Å². The molecule has 9 nitrogen and oxygen atoms in total. The normalized spacial score (nSPS) is 14.9. The SMILES string of the molecule is CC(=O)c1nn(CC(=O)N2CCCC2C(=O)Nc2cccc(C)n2)c2ccc(-c3cccc(C#N)c3)cc12. The monoisotopic (exact) mass is 506 g/mol. The van der Waals surface area contributed by atoms with Crippen molar-refractivity contribution in [2.45, 2.75) is 39.3 Å². The summed E-state index contributed by atoms with van der Waals surface area (Å²) in [6, 6.07) is 19.7. The Morgan fingerprint density at radius 3 is 2.63 bits per heavy atom. The lowest BCUT2D eigenvalue weighted by molar-refractivity contribution is -0.137. The fourth-order valence-electron chi connectivity index (χ4n) is 4.89. The number of aromatic nitrogens is 3. The van der Waals surface area contributed by atoms with Crippen molar-refractivity contribution in [1.82, 2.24) is 19.7 Å². The Balaban J connectivity index is 1.40. The fourth-order valence-corrected chi connectivity index (χ4v) is 4.89. The van der Waals surface area contributed by atoms with Crippen molar-refractivity contribution in [3.63, 3.8) is 0 Å². The smallest absolute Gasteiger partial charge is 0.248 e. The number of carbonyl (C=O) groups excluding carboxylic acids is 3. The first kappa shape index (κ1) is 24.8. The average molecular weight is 507 g/mol. The Morgan fingerprint density at radius 1 is 1.08 bits per heavy atom. The van der Waals surface area contributed by atoms with Crippen molar-refractivity contribution in [3.05, 3.63) is 77.6 Å². The van der Waals surface area contributed by atoms with Crippen molar-refractivity contribution in [1.29, 1.82) is 5.26 Å². The molecular formula is C29H26N6O3. The van der Waals surface area contributed by atoms with E-state index in [0.717, 1.165) is 23.2 Å². The zero-order valence-electron chi connectivity index (χ0n) is 21.1. The van der Waals surface area contributed by atoms with Crippen LogP contribution in [-0.2, 0) is 16.1 Å². The highest BCUT2D eigenvalue weighted by Gasteiger charge is 2.34. The number of amides is 2. The van der Waals surface area contributed by atoms with Gasteiger partial charge in [-0.05, 0) is 67.3 Å². The summed E-state index contributed by atoms with van der Waals surface area (Å²) in [4.78, 5) is 44.7. The lowest BCUT2D eigenvalue weighted by Gasteiger charge is -2.24. The van der Waals surface area contributed by atoms with E-state index in [4.69, 9.17) is 0 Å². The van der Waals surface area contributed by atoms with Gasteiger partial charge in [-0.3, -0.25) is 19.1 Å². The first-order valence-electron chi connectivity index (χ1n) is 12.4. The summed E-state index contributed by atoms with van der Waals surface area (Å²) in [7, 11) is 0. The van der Waals surface area contributed by atoms with E-state index in [1.165, 1.54) is 11.6 Å². The molecule has 1 unspecified atom stereocenters. The molecule has 3 heterocycles. The van der Waals surface area contributed by atoms with Crippen molar-refractivity contribution in [2.75, 3.05) is 11.9 Å². The van der Waals surface area contributed by atoms with Gasteiger partial charge in [0.2, 0.25) is 11.8 Å². The number of Topliss-reactive ketones (excluding diaryl/α,β-unsaturated/α-hetero) is 1. The van der Waals surface area contributed by atoms with Gasteiger partial charge >= 0.3 is 0 Å². The molecule has 0 bridgehead atoms. The molecule has 0 aliphatic carbocycles. The zero-order valence-corrected chi connectivity index (χ0v) is 21.1. The van der Waals surface area contributed by atoms with E-state index in [1.54, 1.807) is 23.1 Å². The number of nitrogens with one attached hydrogen (secondary N) is 1. The van der Waals surface area contributed by atoms with E-state index in [0.29, 0.717) is 35.2 Å². The molecule has 4 aromatic rings.